The van der Waals surface area contributed by atoms with Crippen LogP contribution in [0.2, 0.25) is 0 Å². The Morgan fingerprint density at radius 3 is 2.57 bits per heavy atom. The SMILES string of the molecule is CC1=NN(C)C(C)(c2cnn(C)c2)C1. The van der Waals surface area contributed by atoms with E-state index in [4.69, 9.17) is 0 Å². The molecule has 0 fully saturated rings. The average Bonchev–Trinajstić information content (AvgIpc) is 2.59. The molecule has 0 aromatic carbocycles. The molecule has 0 spiro atoms. The molecule has 0 N–H and O–H groups in total. The van der Waals surface area contributed by atoms with Gasteiger partial charge in [0, 0.05) is 38.0 Å². The number of aryl methyl sites for hydroxylation is 1. The number of hydrogen-bond acceptors (Lipinski definition) is 3. The van der Waals surface area contributed by atoms with Crippen molar-refractivity contribution in [3.8, 4) is 0 Å². The lowest BCUT2D eigenvalue weighted by molar-refractivity contribution is 0.174. The quantitative estimate of drug-likeness (QED) is 0.673. The number of hydrogen-bond donors (Lipinski definition) is 0. The molecule has 0 aliphatic carbocycles. The van der Waals surface area contributed by atoms with Gasteiger partial charge in [-0.2, -0.15) is 10.2 Å². The van der Waals surface area contributed by atoms with Gasteiger partial charge in [-0.1, -0.05) is 0 Å². The van der Waals surface area contributed by atoms with Crippen molar-refractivity contribution in [3.05, 3.63) is 18.0 Å². The van der Waals surface area contributed by atoms with Crippen LogP contribution in [0.5, 0.6) is 0 Å². The van der Waals surface area contributed by atoms with Crippen LogP contribution in [-0.4, -0.2) is 27.5 Å². The second kappa shape index (κ2) is 2.83. The Labute approximate surface area is 84.2 Å². The molecule has 0 saturated heterocycles. The molecular weight excluding hydrogens is 176 g/mol. The second-order valence-corrected chi connectivity index (χ2v) is 4.21. The fourth-order valence-corrected chi connectivity index (χ4v) is 2.00. The molecule has 14 heavy (non-hydrogen) atoms. The van der Waals surface area contributed by atoms with Crippen molar-refractivity contribution in [3.63, 3.8) is 0 Å². The van der Waals surface area contributed by atoms with Crippen molar-refractivity contribution in [2.75, 3.05) is 7.05 Å². The summed E-state index contributed by atoms with van der Waals surface area (Å²) in [6.07, 6.45) is 4.96. The molecule has 1 aliphatic rings. The molecule has 2 heterocycles. The lowest BCUT2D eigenvalue weighted by Gasteiger charge is -2.30. The van der Waals surface area contributed by atoms with E-state index < -0.39 is 0 Å². The molecule has 1 unspecified atom stereocenters. The first-order valence-corrected chi connectivity index (χ1v) is 4.79. The van der Waals surface area contributed by atoms with Gasteiger partial charge in [-0.3, -0.25) is 9.69 Å². The van der Waals surface area contributed by atoms with Crippen LogP contribution in [0, 0.1) is 0 Å². The lowest BCUT2D eigenvalue weighted by Crippen LogP contribution is -2.33. The Hall–Kier alpha value is -1.32. The van der Waals surface area contributed by atoms with Gasteiger partial charge in [-0.05, 0) is 13.8 Å². The summed E-state index contributed by atoms with van der Waals surface area (Å²) >= 11 is 0. The van der Waals surface area contributed by atoms with Crippen molar-refractivity contribution in [1.82, 2.24) is 14.8 Å². The van der Waals surface area contributed by atoms with Gasteiger partial charge >= 0.3 is 0 Å². The highest BCUT2D eigenvalue weighted by Gasteiger charge is 2.37. The minimum Gasteiger partial charge on any atom is -0.289 e. The summed E-state index contributed by atoms with van der Waals surface area (Å²) in [6.45, 7) is 4.27. The standard InChI is InChI=1S/C10H16N4/c1-8-5-10(2,14(4)12-8)9-6-11-13(3)7-9/h6-7H,5H2,1-4H3. The number of nitrogens with zero attached hydrogens (tertiary/aromatic N) is 4. The predicted molar refractivity (Wildman–Crippen MR) is 56.0 cm³/mol. The third kappa shape index (κ3) is 1.22. The van der Waals surface area contributed by atoms with Crippen LogP contribution in [0.3, 0.4) is 0 Å². The Bertz CT molecular complexity index is 379. The highest BCUT2D eigenvalue weighted by molar-refractivity contribution is 5.84. The Balaban J connectivity index is 2.35. The van der Waals surface area contributed by atoms with Gasteiger partial charge in [0.1, 0.15) is 0 Å². The van der Waals surface area contributed by atoms with Crippen molar-refractivity contribution >= 4 is 5.71 Å². The van der Waals surface area contributed by atoms with Crippen LogP contribution in [0.15, 0.2) is 17.5 Å². The summed E-state index contributed by atoms with van der Waals surface area (Å²) in [5, 5.41) is 10.7. The minimum atomic E-state index is -0.0155. The van der Waals surface area contributed by atoms with E-state index in [0.29, 0.717) is 0 Å². The summed E-state index contributed by atoms with van der Waals surface area (Å²) in [7, 11) is 3.96. The molecule has 0 radical (unpaired) electrons. The maximum Gasteiger partial charge on any atom is 0.0879 e. The Morgan fingerprint density at radius 2 is 2.14 bits per heavy atom. The van der Waals surface area contributed by atoms with Gasteiger partial charge in [0.15, 0.2) is 0 Å². The number of hydrazone groups is 1. The van der Waals surface area contributed by atoms with E-state index in [1.54, 1.807) is 0 Å². The predicted octanol–water partition coefficient (Wildman–Crippen LogP) is 1.35. The average molecular weight is 192 g/mol. The van der Waals surface area contributed by atoms with Crippen molar-refractivity contribution in [2.24, 2.45) is 12.1 Å². The molecule has 4 nitrogen and oxygen atoms in total. The maximum atomic E-state index is 4.44. The normalized spacial score (nSPS) is 26.9. The van der Waals surface area contributed by atoms with Gasteiger partial charge < -0.3 is 0 Å². The summed E-state index contributed by atoms with van der Waals surface area (Å²) in [6, 6.07) is 0. The number of rotatable bonds is 1. The van der Waals surface area contributed by atoms with Gasteiger partial charge in [-0.25, -0.2) is 0 Å². The van der Waals surface area contributed by atoms with Crippen molar-refractivity contribution in [1.29, 1.82) is 0 Å². The number of aromatic nitrogens is 2. The summed E-state index contributed by atoms with van der Waals surface area (Å²) in [5.41, 5.74) is 2.39. The molecule has 2 rings (SSSR count). The lowest BCUT2D eigenvalue weighted by atomic mass is 9.90. The van der Waals surface area contributed by atoms with Crippen molar-refractivity contribution in [2.45, 2.75) is 25.8 Å². The Morgan fingerprint density at radius 1 is 1.43 bits per heavy atom. The topological polar surface area (TPSA) is 33.4 Å². The molecule has 0 bridgehead atoms. The van der Waals surface area contributed by atoms with Crippen LogP contribution in [0.1, 0.15) is 25.8 Å². The molecule has 1 aromatic heterocycles. The highest BCUT2D eigenvalue weighted by Crippen LogP contribution is 2.35. The van der Waals surface area contributed by atoms with E-state index in [2.05, 4.69) is 30.2 Å². The highest BCUT2D eigenvalue weighted by atomic mass is 15.5. The molecule has 0 amide bonds. The van der Waals surface area contributed by atoms with Crippen LogP contribution in [-0.2, 0) is 12.6 Å². The zero-order chi connectivity index (χ0) is 10.3. The summed E-state index contributed by atoms with van der Waals surface area (Å²) in [5.74, 6) is 0. The fourth-order valence-electron chi connectivity index (χ4n) is 2.00. The largest absolute Gasteiger partial charge is 0.289 e. The maximum absolute atomic E-state index is 4.44. The van der Waals surface area contributed by atoms with Crippen LogP contribution in [0.4, 0.5) is 0 Å². The minimum absolute atomic E-state index is 0.0155. The molecule has 1 aliphatic heterocycles. The third-order valence-corrected chi connectivity index (χ3v) is 2.96. The van der Waals surface area contributed by atoms with E-state index in [-0.39, 0.29) is 5.54 Å². The molecule has 76 valence electrons. The monoisotopic (exact) mass is 192 g/mol. The summed E-state index contributed by atoms with van der Waals surface area (Å²) < 4.78 is 1.84. The third-order valence-electron chi connectivity index (χ3n) is 2.96. The zero-order valence-electron chi connectivity index (χ0n) is 9.15. The summed E-state index contributed by atoms with van der Waals surface area (Å²) in [4.78, 5) is 0. The van der Waals surface area contributed by atoms with Gasteiger partial charge in [0.05, 0.1) is 11.7 Å². The van der Waals surface area contributed by atoms with Crippen LogP contribution < -0.4 is 0 Å². The first kappa shape index (κ1) is 9.24. The first-order chi connectivity index (χ1) is 6.52. The van der Waals surface area contributed by atoms with E-state index in [0.717, 1.165) is 6.42 Å². The van der Waals surface area contributed by atoms with Crippen LogP contribution in [0.25, 0.3) is 0 Å². The van der Waals surface area contributed by atoms with Crippen molar-refractivity contribution < 1.29 is 0 Å². The second-order valence-electron chi connectivity index (χ2n) is 4.21. The molecular formula is C10H16N4. The van der Waals surface area contributed by atoms with E-state index in [1.807, 2.05) is 30.0 Å². The smallest absolute Gasteiger partial charge is 0.0879 e. The Kier molecular flexibility index (Phi) is 1.87. The zero-order valence-corrected chi connectivity index (χ0v) is 9.15. The van der Waals surface area contributed by atoms with Gasteiger partial charge in [0.25, 0.3) is 0 Å². The van der Waals surface area contributed by atoms with E-state index >= 15 is 0 Å². The first-order valence-electron chi connectivity index (χ1n) is 4.79. The molecule has 1 aromatic rings. The molecule has 0 saturated carbocycles. The van der Waals surface area contributed by atoms with E-state index in [1.165, 1.54) is 11.3 Å². The van der Waals surface area contributed by atoms with Gasteiger partial charge in [0.2, 0.25) is 0 Å². The van der Waals surface area contributed by atoms with Crippen LogP contribution >= 0.6 is 0 Å². The fraction of sp³-hybridized carbons (Fsp3) is 0.600. The molecule has 1 atom stereocenters. The van der Waals surface area contributed by atoms with Gasteiger partial charge in [-0.15, -0.1) is 0 Å². The van der Waals surface area contributed by atoms with E-state index in [9.17, 15) is 0 Å². The molecule has 4 heteroatoms.